The maximum atomic E-state index is 10.7. The minimum Gasteiger partial charge on any atom is -0.431 e. The van der Waals surface area contributed by atoms with Gasteiger partial charge in [0.25, 0.3) is 5.19 Å². The van der Waals surface area contributed by atoms with Crippen molar-refractivity contribution in [3.8, 4) is 10.9 Å². The van der Waals surface area contributed by atoms with Gasteiger partial charge in [0.05, 0.1) is 11.4 Å². The van der Waals surface area contributed by atoms with Gasteiger partial charge in [0, 0.05) is 6.20 Å². The van der Waals surface area contributed by atoms with Gasteiger partial charge in [-0.3, -0.25) is 5.21 Å². The van der Waals surface area contributed by atoms with Crippen LogP contribution in [0.5, 0.6) is 10.9 Å². The van der Waals surface area contributed by atoms with Crippen LogP contribution >= 0.6 is 11.3 Å². The van der Waals surface area contributed by atoms with Gasteiger partial charge < -0.3 is 10.5 Å². The molecule has 0 fully saturated rings. The molecule has 2 amide bonds. The number of hydrogen-bond donors (Lipinski definition) is 2. The van der Waals surface area contributed by atoms with E-state index in [0.29, 0.717) is 20.9 Å². The summed E-state index contributed by atoms with van der Waals surface area (Å²) in [6, 6.07) is 8.30. The summed E-state index contributed by atoms with van der Waals surface area (Å²) in [5, 5.41) is 10.0. The second-order valence-electron chi connectivity index (χ2n) is 3.40. The van der Waals surface area contributed by atoms with Crippen molar-refractivity contribution in [2.45, 2.75) is 6.54 Å². The fourth-order valence-electron chi connectivity index (χ4n) is 1.22. The Kier molecular flexibility index (Phi) is 3.75. The zero-order valence-corrected chi connectivity index (χ0v) is 10.1. The molecule has 2 rings (SSSR count). The van der Waals surface area contributed by atoms with Gasteiger partial charge in [0.1, 0.15) is 5.75 Å². The number of nitrogens with zero attached hydrogens (tertiary/aromatic N) is 2. The minimum atomic E-state index is -0.908. The molecule has 0 aliphatic heterocycles. The number of rotatable bonds is 4. The summed E-state index contributed by atoms with van der Waals surface area (Å²) in [4.78, 5) is 15.4. The maximum Gasteiger partial charge on any atom is 0.338 e. The van der Waals surface area contributed by atoms with E-state index in [-0.39, 0.29) is 6.54 Å². The first kappa shape index (κ1) is 12.3. The number of carbonyl (C=O) groups is 1. The number of benzene rings is 1. The van der Waals surface area contributed by atoms with Crippen LogP contribution in [0, 0.1) is 0 Å². The van der Waals surface area contributed by atoms with Gasteiger partial charge in [-0.05, 0) is 12.1 Å². The van der Waals surface area contributed by atoms with Crippen LogP contribution in [0.25, 0.3) is 0 Å². The molecule has 1 aromatic carbocycles. The van der Waals surface area contributed by atoms with Crippen LogP contribution in [0.4, 0.5) is 4.79 Å². The van der Waals surface area contributed by atoms with Crippen molar-refractivity contribution in [3.05, 3.63) is 41.4 Å². The predicted octanol–water partition coefficient (Wildman–Crippen LogP) is 2.21. The molecule has 94 valence electrons. The van der Waals surface area contributed by atoms with Crippen LogP contribution in [-0.4, -0.2) is 21.3 Å². The molecule has 0 aliphatic rings. The standard InChI is InChI=1S/C11H11N3O3S/c12-10(15)14(16)7-9-6-13-11(18-9)17-8-4-2-1-3-5-8/h1-6,16H,7H2,(H2,12,15). The summed E-state index contributed by atoms with van der Waals surface area (Å²) < 4.78 is 5.49. The Bertz CT molecular complexity index is 529. The topological polar surface area (TPSA) is 88.7 Å². The number of nitrogens with two attached hydrogens (primary N) is 1. The fraction of sp³-hybridized carbons (Fsp3) is 0.0909. The molecule has 0 aliphatic carbocycles. The minimum absolute atomic E-state index is 0.00878. The maximum absolute atomic E-state index is 10.7. The van der Waals surface area contributed by atoms with E-state index in [2.05, 4.69) is 4.98 Å². The van der Waals surface area contributed by atoms with E-state index in [0.717, 1.165) is 0 Å². The lowest BCUT2D eigenvalue weighted by atomic mass is 10.3. The zero-order valence-electron chi connectivity index (χ0n) is 9.31. The average Bonchev–Trinajstić information content (AvgIpc) is 2.77. The molecule has 0 unspecified atom stereocenters. The molecule has 0 bridgehead atoms. The monoisotopic (exact) mass is 265 g/mol. The largest absolute Gasteiger partial charge is 0.431 e. The van der Waals surface area contributed by atoms with E-state index in [1.54, 1.807) is 0 Å². The van der Waals surface area contributed by atoms with Gasteiger partial charge in [0.2, 0.25) is 0 Å². The van der Waals surface area contributed by atoms with Gasteiger partial charge in [-0.2, -0.15) is 0 Å². The molecule has 2 aromatic rings. The normalized spacial score (nSPS) is 10.1. The highest BCUT2D eigenvalue weighted by Gasteiger charge is 2.10. The number of hydroxylamine groups is 2. The molecule has 7 heteroatoms. The van der Waals surface area contributed by atoms with Crippen molar-refractivity contribution < 1.29 is 14.7 Å². The molecule has 1 heterocycles. The van der Waals surface area contributed by atoms with Gasteiger partial charge in [-0.15, -0.1) is 0 Å². The number of aromatic nitrogens is 1. The lowest BCUT2D eigenvalue weighted by molar-refractivity contribution is -0.0463. The second-order valence-corrected chi connectivity index (χ2v) is 4.48. The van der Waals surface area contributed by atoms with Crippen LogP contribution in [0.1, 0.15) is 4.88 Å². The first-order valence-electron chi connectivity index (χ1n) is 5.08. The number of hydrogen-bond acceptors (Lipinski definition) is 5. The molecular weight excluding hydrogens is 254 g/mol. The van der Waals surface area contributed by atoms with E-state index < -0.39 is 6.03 Å². The van der Waals surface area contributed by atoms with Crippen LogP contribution in [-0.2, 0) is 6.54 Å². The predicted molar refractivity (Wildman–Crippen MR) is 65.5 cm³/mol. The first-order chi connectivity index (χ1) is 8.65. The molecule has 0 atom stereocenters. The highest BCUT2D eigenvalue weighted by Crippen LogP contribution is 2.26. The smallest absolute Gasteiger partial charge is 0.338 e. The van der Waals surface area contributed by atoms with Crippen LogP contribution < -0.4 is 10.5 Å². The number of carbonyl (C=O) groups excluding carboxylic acids is 1. The van der Waals surface area contributed by atoms with Gasteiger partial charge in [-0.1, -0.05) is 29.5 Å². The molecule has 0 spiro atoms. The van der Waals surface area contributed by atoms with Crippen LogP contribution in [0.2, 0.25) is 0 Å². The molecule has 6 nitrogen and oxygen atoms in total. The van der Waals surface area contributed by atoms with Gasteiger partial charge in [0.15, 0.2) is 0 Å². The van der Waals surface area contributed by atoms with Gasteiger partial charge in [-0.25, -0.2) is 14.8 Å². The van der Waals surface area contributed by atoms with Crippen LogP contribution in [0.15, 0.2) is 36.5 Å². The summed E-state index contributed by atoms with van der Waals surface area (Å²) in [5.41, 5.74) is 4.90. The number of urea groups is 1. The van der Waals surface area contributed by atoms with E-state index in [1.807, 2.05) is 30.3 Å². The van der Waals surface area contributed by atoms with E-state index >= 15 is 0 Å². The number of thiazole rings is 1. The highest BCUT2D eigenvalue weighted by molar-refractivity contribution is 7.13. The van der Waals surface area contributed by atoms with Crippen molar-refractivity contribution in [3.63, 3.8) is 0 Å². The Hall–Kier alpha value is -2.12. The van der Waals surface area contributed by atoms with Crippen molar-refractivity contribution in [1.29, 1.82) is 0 Å². The number of amides is 2. The van der Waals surface area contributed by atoms with Crippen molar-refractivity contribution >= 4 is 17.4 Å². The third kappa shape index (κ3) is 3.19. The Balaban J connectivity index is 2.00. The summed E-state index contributed by atoms with van der Waals surface area (Å²) in [5.74, 6) is 0.675. The summed E-state index contributed by atoms with van der Waals surface area (Å²) in [6.07, 6.45) is 1.52. The fourth-order valence-corrected chi connectivity index (χ4v) is 1.98. The van der Waals surface area contributed by atoms with Crippen molar-refractivity contribution in [2.75, 3.05) is 0 Å². The molecule has 0 saturated carbocycles. The summed E-state index contributed by atoms with van der Waals surface area (Å²) in [7, 11) is 0. The highest BCUT2D eigenvalue weighted by atomic mass is 32.1. The van der Waals surface area contributed by atoms with Crippen molar-refractivity contribution in [2.24, 2.45) is 5.73 Å². The Labute approximate surface area is 107 Å². The van der Waals surface area contributed by atoms with E-state index in [1.165, 1.54) is 17.5 Å². The lowest BCUT2D eigenvalue weighted by Gasteiger charge is -2.08. The number of primary amides is 1. The van der Waals surface area contributed by atoms with E-state index in [9.17, 15) is 10.0 Å². The second kappa shape index (κ2) is 5.48. The molecular formula is C11H11N3O3S. The van der Waals surface area contributed by atoms with Gasteiger partial charge >= 0.3 is 6.03 Å². The Morgan fingerprint density at radius 2 is 2.17 bits per heavy atom. The SMILES string of the molecule is NC(=O)N(O)Cc1cnc(Oc2ccccc2)s1. The molecule has 3 N–H and O–H groups in total. The molecule has 0 radical (unpaired) electrons. The first-order valence-corrected chi connectivity index (χ1v) is 5.90. The third-order valence-corrected chi connectivity index (χ3v) is 2.90. The molecule has 1 aromatic heterocycles. The number of ether oxygens (including phenoxy) is 1. The lowest BCUT2D eigenvalue weighted by Crippen LogP contribution is -2.31. The summed E-state index contributed by atoms with van der Waals surface area (Å²) in [6.45, 7) is -0.00878. The Morgan fingerprint density at radius 1 is 1.44 bits per heavy atom. The number of para-hydroxylation sites is 1. The average molecular weight is 265 g/mol. The molecule has 18 heavy (non-hydrogen) atoms. The van der Waals surface area contributed by atoms with E-state index in [4.69, 9.17) is 10.5 Å². The summed E-state index contributed by atoms with van der Waals surface area (Å²) >= 11 is 1.23. The Morgan fingerprint density at radius 3 is 2.83 bits per heavy atom. The zero-order chi connectivity index (χ0) is 13.0. The quantitative estimate of drug-likeness (QED) is 0.655. The molecule has 0 saturated heterocycles. The van der Waals surface area contributed by atoms with Crippen LogP contribution in [0.3, 0.4) is 0 Å². The van der Waals surface area contributed by atoms with Crippen molar-refractivity contribution in [1.82, 2.24) is 10.0 Å². The third-order valence-electron chi connectivity index (χ3n) is 2.04.